The predicted octanol–water partition coefficient (Wildman–Crippen LogP) is -0.966. The third-order valence-corrected chi connectivity index (χ3v) is 4.15. The normalized spacial score (nSPS) is 15.3. The summed E-state index contributed by atoms with van der Waals surface area (Å²) < 4.78 is 9.44. The van der Waals surface area contributed by atoms with E-state index in [9.17, 15) is 19.2 Å². The molecule has 1 saturated heterocycles. The van der Waals surface area contributed by atoms with Crippen molar-refractivity contribution in [2.45, 2.75) is 20.3 Å². The van der Waals surface area contributed by atoms with Crippen LogP contribution < -0.4 is 0 Å². The molecule has 1 fully saturated rings. The van der Waals surface area contributed by atoms with Gasteiger partial charge in [-0.2, -0.15) is 0 Å². The molecule has 1 N–H and O–H groups in total. The highest BCUT2D eigenvalue weighted by atomic mass is 16.6. The van der Waals surface area contributed by atoms with E-state index in [4.69, 9.17) is 9.84 Å². The second-order valence-corrected chi connectivity index (χ2v) is 6.22. The molecule has 0 saturated carbocycles. The number of carboxylic acids is 1. The Balaban J connectivity index is 2.51. The number of ether oxygens (including phenoxy) is 2. The third-order valence-electron chi connectivity index (χ3n) is 4.15. The minimum Gasteiger partial charge on any atom is -0.481 e. The Bertz CT molecular complexity index is 511. The highest BCUT2D eigenvalue weighted by molar-refractivity contribution is 5.90. The Morgan fingerprint density at radius 3 is 2.26 bits per heavy atom. The molecule has 0 aromatic carbocycles. The van der Waals surface area contributed by atoms with E-state index < -0.39 is 17.9 Å². The van der Waals surface area contributed by atoms with Gasteiger partial charge in [0.1, 0.15) is 0 Å². The topological polar surface area (TPSA) is 117 Å². The van der Waals surface area contributed by atoms with Crippen LogP contribution in [0.2, 0.25) is 0 Å². The fourth-order valence-corrected chi connectivity index (χ4v) is 2.66. The number of carbonyl (C=O) groups excluding carboxylic acids is 3. The van der Waals surface area contributed by atoms with Gasteiger partial charge in [0.2, 0.25) is 0 Å². The van der Waals surface area contributed by atoms with Crippen LogP contribution in [-0.2, 0) is 28.7 Å². The minimum absolute atomic E-state index is 0.00895. The number of nitrogens with zero attached hydrogens (tertiary/aromatic N) is 3. The number of carbonyl (C=O) groups is 4. The van der Waals surface area contributed by atoms with Gasteiger partial charge in [0.25, 0.3) is 0 Å². The molecule has 10 nitrogen and oxygen atoms in total. The van der Waals surface area contributed by atoms with Gasteiger partial charge < -0.3 is 19.5 Å². The SMILES string of the molecule is CCOC(=O)CN(CC)CCN(CCC(=O)O)CCN1CC(=O)OC(=O)C1. The van der Waals surface area contributed by atoms with Gasteiger partial charge in [0.05, 0.1) is 32.7 Å². The summed E-state index contributed by atoms with van der Waals surface area (Å²) in [6.07, 6.45) is -0.00895. The highest BCUT2D eigenvalue weighted by Crippen LogP contribution is 2.02. The Morgan fingerprint density at radius 2 is 1.70 bits per heavy atom. The van der Waals surface area contributed by atoms with Crippen LogP contribution in [0, 0.1) is 0 Å². The van der Waals surface area contributed by atoms with Gasteiger partial charge in [0.15, 0.2) is 0 Å². The van der Waals surface area contributed by atoms with Crippen molar-refractivity contribution in [1.82, 2.24) is 14.7 Å². The van der Waals surface area contributed by atoms with Crippen LogP contribution in [0.1, 0.15) is 20.3 Å². The lowest BCUT2D eigenvalue weighted by Crippen LogP contribution is -2.47. The maximum atomic E-state index is 11.6. The number of morpholine rings is 1. The van der Waals surface area contributed by atoms with Crippen molar-refractivity contribution in [2.75, 3.05) is 65.5 Å². The molecule has 0 unspecified atom stereocenters. The molecule has 0 radical (unpaired) electrons. The second kappa shape index (κ2) is 12.4. The first-order chi connectivity index (χ1) is 12.8. The summed E-state index contributed by atoms with van der Waals surface area (Å²) in [6, 6.07) is 0. The van der Waals surface area contributed by atoms with Crippen LogP contribution in [-0.4, -0.2) is 109 Å². The van der Waals surface area contributed by atoms with Crippen molar-refractivity contribution in [2.24, 2.45) is 0 Å². The maximum absolute atomic E-state index is 11.6. The summed E-state index contributed by atoms with van der Waals surface area (Å²) in [5.41, 5.74) is 0. The van der Waals surface area contributed by atoms with Crippen LogP contribution in [0.5, 0.6) is 0 Å². The first-order valence-electron chi connectivity index (χ1n) is 9.12. The lowest BCUT2D eigenvalue weighted by Gasteiger charge is -2.29. The van der Waals surface area contributed by atoms with Gasteiger partial charge in [-0.25, -0.2) is 0 Å². The molecule has 0 bridgehead atoms. The average molecular weight is 387 g/mol. The van der Waals surface area contributed by atoms with Crippen molar-refractivity contribution < 1.29 is 33.8 Å². The van der Waals surface area contributed by atoms with Gasteiger partial charge in [0, 0.05) is 32.7 Å². The van der Waals surface area contributed by atoms with Gasteiger partial charge in [-0.05, 0) is 13.5 Å². The number of likely N-dealkylation sites (N-methyl/N-ethyl adjacent to an activating group) is 1. The summed E-state index contributed by atoms with van der Waals surface area (Å²) in [5.74, 6) is -2.33. The van der Waals surface area contributed by atoms with Gasteiger partial charge in [-0.1, -0.05) is 6.92 Å². The molecule has 27 heavy (non-hydrogen) atoms. The van der Waals surface area contributed by atoms with Crippen LogP contribution in [0.15, 0.2) is 0 Å². The van der Waals surface area contributed by atoms with E-state index in [0.717, 1.165) is 0 Å². The molecule has 1 aliphatic rings. The number of hydrogen-bond donors (Lipinski definition) is 1. The monoisotopic (exact) mass is 387 g/mol. The molecular weight excluding hydrogens is 358 g/mol. The largest absolute Gasteiger partial charge is 0.481 e. The first kappa shape index (κ1) is 23.0. The summed E-state index contributed by atoms with van der Waals surface area (Å²) in [4.78, 5) is 50.7. The zero-order chi connectivity index (χ0) is 20.2. The average Bonchev–Trinajstić information content (AvgIpc) is 2.59. The first-order valence-corrected chi connectivity index (χ1v) is 9.12. The van der Waals surface area contributed by atoms with E-state index in [-0.39, 0.29) is 32.0 Å². The van der Waals surface area contributed by atoms with E-state index in [0.29, 0.717) is 45.9 Å². The van der Waals surface area contributed by atoms with Crippen LogP contribution >= 0.6 is 0 Å². The summed E-state index contributed by atoms with van der Waals surface area (Å²) in [7, 11) is 0. The molecule has 0 aromatic heterocycles. The number of carboxylic acid groups (broad SMARTS) is 1. The smallest absolute Gasteiger partial charge is 0.327 e. The molecule has 0 spiro atoms. The maximum Gasteiger partial charge on any atom is 0.327 e. The predicted molar refractivity (Wildman–Crippen MR) is 95.0 cm³/mol. The zero-order valence-corrected chi connectivity index (χ0v) is 16.0. The number of aliphatic carboxylic acids is 1. The van der Waals surface area contributed by atoms with Crippen LogP contribution in [0.3, 0.4) is 0 Å². The zero-order valence-electron chi connectivity index (χ0n) is 16.0. The summed E-state index contributed by atoms with van der Waals surface area (Å²) in [5, 5.41) is 8.94. The Kier molecular flexibility index (Phi) is 10.5. The Morgan fingerprint density at radius 1 is 1.07 bits per heavy atom. The fraction of sp³-hybridized carbons (Fsp3) is 0.765. The Hall–Kier alpha value is -2.04. The quantitative estimate of drug-likeness (QED) is 0.313. The highest BCUT2D eigenvalue weighted by Gasteiger charge is 2.25. The van der Waals surface area contributed by atoms with Gasteiger partial charge >= 0.3 is 23.9 Å². The van der Waals surface area contributed by atoms with E-state index >= 15 is 0 Å². The molecule has 0 atom stereocenters. The summed E-state index contributed by atoms with van der Waals surface area (Å²) in [6.45, 7) is 7.40. The number of hydrogen-bond acceptors (Lipinski definition) is 9. The number of esters is 3. The van der Waals surface area contributed by atoms with Gasteiger partial charge in [-0.15, -0.1) is 0 Å². The van der Waals surface area contributed by atoms with Crippen molar-refractivity contribution in [3.63, 3.8) is 0 Å². The van der Waals surface area contributed by atoms with Crippen LogP contribution in [0.25, 0.3) is 0 Å². The van der Waals surface area contributed by atoms with E-state index in [1.165, 1.54) is 0 Å². The van der Waals surface area contributed by atoms with E-state index in [1.807, 2.05) is 16.7 Å². The van der Waals surface area contributed by atoms with Crippen molar-refractivity contribution in [1.29, 1.82) is 0 Å². The molecule has 0 amide bonds. The Labute approximate surface area is 159 Å². The molecule has 0 aliphatic carbocycles. The van der Waals surface area contributed by atoms with Crippen molar-refractivity contribution in [3.8, 4) is 0 Å². The standard InChI is InChI=1S/C17H29N3O7/c1-3-18(11-15(23)26-4-2)7-8-19(6-5-14(21)22)9-10-20-12-16(24)27-17(25)13-20/h3-13H2,1-2H3,(H,21,22). The molecule has 1 heterocycles. The van der Waals surface area contributed by atoms with Gasteiger partial charge in [-0.3, -0.25) is 29.0 Å². The number of cyclic esters (lactones) is 2. The number of rotatable bonds is 13. The van der Waals surface area contributed by atoms with Crippen LogP contribution in [0.4, 0.5) is 0 Å². The van der Waals surface area contributed by atoms with E-state index in [1.54, 1.807) is 11.8 Å². The second-order valence-electron chi connectivity index (χ2n) is 6.22. The lowest BCUT2D eigenvalue weighted by atomic mass is 10.3. The van der Waals surface area contributed by atoms with E-state index in [2.05, 4.69) is 4.74 Å². The molecule has 1 aliphatic heterocycles. The molecule has 0 aromatic rings. The van der Waals surface area contributed by atoms with Crippen molar-refractivity contribution >= 4 is 23.9 Å². The third kappa shape index (κ3) is 10.0. The molecule has 154 valence electrons. The van der Waals surface area contributed by atoms with Crippen molar-refractivity contribution in [3.05, 3.63) is 0 Å². The lowest BCUT2D eigenvalue weighted by molar-refractivity contribution is -0.166. The molecule has 1 rings (SSSR count). The summed E-state index contributed by atoms with van der Waals surface area (Å²) >= 11 is 0. The molecular formula is C17H29N3O7. The fourth-order valence-electron chi connectivity index (χ4n) is 2.66. The minimum atomic E-state index is -0.893. The molecule has 10 heteroatoms.